The van der Waals surface area contributed by atoms with Gasteiger partial charge >= 0.3 is 5.97 Å². The molecule has 1 aliphatic rings. The van der Waals surface area contributed by atoms with Gasteiger partial charge < -0.3 is 19.5 Å². The molecule has 0 spiro atoms. The SMILES string of the molecule is CCc1ccc([C@H](C)NC(=O)COC(=O)/C=C/c2ccc3c(c2)OCO3)cc1. The summed E-state index contributed by atoms with van der Waals surface area (Å²) in [7, 11) is 0. The Hall–Kier alpha value is -3.28. The van der Waals surface area contributed by atoms with Gasteiger partial charge in [0.2, 0.25) is 6.79 Å². The van der Waals surface area contributed by atoms with Crippen LogP contribution in [0.15, 0.2) is 48.5 Å². The highest BCUT2D eigenvalue weighted by Gasteiger charge is 2.13. The highest BCUT2D eigenvalue weighted by molar-refractivity contribution is 5.89. The maximum absolute atomic E-state index is 12.0. The molecule has 0 aliphatic carbocycles. The second-order valence-electron chi connectivity index (χ2n) is 6.44. The van der Waals surface area contributed by atoms with E-state index in [2.05, 4.69) is 12.2 Å². The lowest BCUT2D eigenvalue weighted by atomic mass is 10.1. The minimum atomic E-state index is -0.590. The number of nitrogens with one attached hydrogen (secondary N) is 1. The predicted molar refractivity (Wildman–Crippen MR) is 105 cm³/mol. The second kappa shape index (κ2) is 9.08. The molecule has 0 saturated heterocycles. The van der Waals surface area contributed by atoms with Crippen LogP contribution in [0.4, 0.5) is 0 Å². The minimum Gasteiger partial charge on any atom is -0.454 e. The van der Waals surface area contributed by atoms with Crippen molar-refractivity contribution in [1.82, 2.24) is 5.32 Å². The van der Waals surface area contributed by atoms with Crippen LogP contribution in [-0.4, -0.2) is 25.3 Å². The summed E-state index contributed by atoms with van der Waals surface area (Å²) in [6.45, 7) is 3.85. The molecule has 0 fully saturated rings. The van der Waals surface area contributed by atoms with E-state index >= 15 is 0 Å². The van der Waals surface area contributed by atoms with E-state index in [-0.39, 0.29) is 25.3 Å². The van der Waals surface area contributed by atoms with Gasteiger partial charge in [-0.25, -0.2) is 4.79 Å². The maximum atomic E-state index is 12.0. The Morgan fingerprint density at radius 2 is 1.89 bits per heavy atom. The molecule has 2 aromatic carbocycles. The van der Waals surface area contributed by atoms with E-state index in [9.17, 15) is 9.59 Å². The number of benzene rings is 2. The third-order valence-corrected chi connectivity index (χ3v) is 4.42. The van der Waals surface area contributed by atoms with Gasteiger partial charge in [-0.1, -0.05) is 37.3 Å². The fraction of sp³-hybridized carbons (Fsp3) is 0.273. The zero-order valence-corrected chi connectivity index (χ0v) is 15.9. The molecule has 3 rings (SSSR count). The maximum Gasteiger partial charge on any atom is 0.331 e. The van der Waals surface area contributed by atoms with Crippen molar-refractivity contribution in [3.05, 3.63) is 65.2 Å². The van der Waals surface area contributed by atoms with Crippen molar-refractivity contribution in [1.29, 1.82) is 0 Å². The number of aryl methyl sites for hydroxylation is 1. The number of hydrogen-bond donors (Lipinski definition) is 1. The topological polar surface area (TPSA) is 73.9 Å². The normalized spacial score (nSPS) is 13.4. The van der Waals surface area contributed by atoms with Gasteiger partial charge in [-0.2, -0.15) is 0 Å². The fourth-order valence-electron chi connectivity index (χ4n) is 2.77. The molecule has 28 heavy (non-hydrogen) atoms. The summed E-state index contributed by atoms with van der Waals surface area (Å²) >= 11 is 0. The average Bonchev–Trinajstić information content (AvgIpc) is 3.18. The van der Waals surface area contributed by atoms with Crippen LogP contribution in [0, 0.1) is 0 Å². The summed E-state index contributed by atoms with van der Waals surface area (Å²) in [5, 5.41) is 2.82. The van der Waals surface area contributed by atoms with Crippen molar-refractivity contribution in [2.75, 3.05) is 13.4 Å². The van der Waals surface area contributed by atoms with Crippen LogP contribution in [0.2, 0.25) is 0 Å². The first kappa shape index (κ1) is 19.5. The number of rotatable bonds is 7. The number of esters is 1. The van der Waals surface area contributed by atoms with Gasteiger partial charge in [-0.15, -0.1) is 0 Å². The second-order valence-corrected chi connectivity index (χ2v) is 6.44. The lowest BCUT2D eigenvalue weighted by Gasteiger charge is -2.14. The van der Waals surface area contributed by atoms with Crippen molar-refractivity contribution < 1.29 is 23.8 Å². The molecular weight excluding hydrogens is 358 g/mol. The van der Waals surface area contributed by atoms with Gasteiger partial charge in [0.15, 0.2) is 18.1 Å². The van der Waals surface area contributed by atoms with Crippen molar-refractivity contribution in [2.24, 2.45) is 0 Å². The Morgan fingerprint density at radius 1 is 1.14 bits per heavy atom. The molecule has 2 aromatic rings. The Morgan fingerprint density at radius 3 is 2.64 bits per heavy atom. The molecule has 6 nitrogen and oxygen atoms in total. The molecule has 0 bridgehead atoms. The first-order valence-electron chi connectivity index (χ1n) is 9.18. The molecule has 0 saturated carbocycles. The van der Waals surface area contributed by atoms with E-state index in [0.29, 0.717) is 11.5 Å². The van der Waals surface area contributed by atoms with Crippen molar-refractivity contribution >= 4 is 18.0 Å². The molecule has 0 aromatic heterocycles. The van der Waals surface area contributed by atoms with Crippen LogP contribution in [0.25, 0.3) is 6.08 Å². The Labute approximate surface area is 164 Å². The van der Waals surface area contributed by atoms with Crippen molar-refractivity contribution in [3.63, 3.8) is 0 Å². The molecule has 1 amide bonds. The van der Waals surface area contributed by atoms with Crippen LogP contribution in [-0.2, 0) is 20.7 Å². The molecule has 0 unspecified atom stereocenters. The lowest BCUT2D eigenvalue weighted by molar-refractivity contribution is -0.144. The number of fused-ring (bicyclic) bond motifs is 1. The Bertz CT molecular complexity index is 873. The summed E-state index contributed by atoms with van der Waals surface area (Å²) in [5.74, 6) is 0.371. The summed E-state index contributed by atoms with van der Waals surface area (Å²) in [5.41, 5.74) is 3.01. The molecule has 1 aliphatic heterocycles. The predicted octanol–water partition coefficient (Wildman–Crippen LogP) is 3.41. The summed E-state index contributed by atoms with van der Waals surface area (Å²) < 4.78 is 15.5. The minimum absolute atomic E-state index is 0.165. The van der Waals surface area contributed by atoms with Crippen LogP contribution in [0.3, 0.4) is 0 Å². The van der Waals surface area contributed by atoms with E-state index in [4.69, 9.17) is 14.2 Å². The molecule has 6 heteroatoms. The average molecular weight is 381 g/mol. The van der Waals surface area contributed by atoms with Gasteiger partial charge in [0.05, 0.1) is 6.04 Å². The molecule has 0 radical (unpaired) electrons. The zero-order valence-electron chi connectivity index (χ0n) is 15.9. The Balaban J connectivity index is 1.45. The molecule has 1 atom stereocenters. The summed E-state index contributed by atoms with van der Waals surface area (Å²) in [6.07, 6.45) is 3.84. The van der Waals surface area contributed by atoms with Crippen LogP contribution >= 0.6 is 0 Å². The lowest BCUT2D eigenvalue weighted by Crippen LogP contribution is -2.30. The van der Waals surface area contributed by atoms with Gasteiger partial charge in [0.25, 0.3) is 5.91 Å². The van der Waals surface area contributed by atoms with Crippen LogP contribution < -0.4 is 14.8 Å². The van der Waals surface area contributed by atoms with E-state index in [0.717, 1.165) is 17.5 Å². The molecule has 1 heterocycles. The van der Waals surface area contributed by atoms with E-state index in [1.807, 2.05) is 31.2 Å². The number of ether oxygens (including phenoxy) is 3. The van der Waals surface area contributed by atoms with Gasteiger partial charge in [-0.3, -0.25) is 4.79 Å². The molecular formula is C22H23NO5. The molecule has 1 N–H and O–H groups in total. The highest BCUT2D eigenvalue weighted by atomic mass is 16.7. The first-order valence-corrected chi connectivity index (χ1v) is 9.18. The summed E-state index contributed by atoms with van der Waals surface area (Å²) in [6, 6.07) is 13.2. The van der Waals surface area contributed by atoms with E-state index in [1.165, 1.54) is 11.6 Å². The quantitative estimate of drug-likeness (QED) is 0.588. The number of hydrogen-bond acceptors (Lipinski definition) is 5. The number of amides is 1. The third kappa shape index (κ3) is 5.13. The third-order valence-electron chi connectivity index (χ3n) is 4.42. The Kier molecular flexibility index (Phi) is 6.32. The number of carbonyl (C=O) groups excluding carboxylic acids is 2. The van der Waals surface area contributed by atoms with Gasteiger partial charge in [0.1, 0.15) is 0 Å². The van der Waals surface area contributed by atoms with Crippen molar-refractivity contribution in [2.45, 2.75) is 26.3 Å². The van der Waals surface area contributed by atoms with E-state index in [1.54, 1.807) is 24.3 Å². The highest BCUT2D eigenvalue weighted by Crippen LogP contribution is 2.32. The zero-order chi connectivity index (χ0) is 19.9. The van der Waals surface area contributed by atoms with Crippen molar-refractivity contribution in [3.8, 4) is 11.5 Å². The largest absolute Gasteiger partial charge is 0.454 e. The van der Waals surface area contributed by atoms with Crippen LogP contribution in [0.1, 0.15) is 36.6 Å². The van der Waals surface area contributed by atoms with E-state index < -0.39 is 5.97 Å². The number of carbonyl (C=O) groups is 2. The van der Waals surface area contributed by atoms with Gasteiger partial charge in [0, 0.05) is 6.08 Å². The van der Waals surface area contributed by atoms with Gasteiger partial charge in [-0.05, 0) is 48.2 Å². The molecule has 146 valence electrons. The monoisotopic (exact) mass is 381 g/mol. The summed E-state index contributed by atoms with van der Waals surface area (Å²) in [4.78, 5) is 23.8. The van der Waals surface area contributed by atoms with Crippen LogP contribution in [0.5, 0.6) is 11.5 Å². The smallest absolute Gasteiger partial charge is 0.331 e. The fourth-order valence-corrected chi connectivity index (χ4v) is 2.77. The standard InChI is InChI=1S/C22H23NO5/c1-3-16-4-8-18(9-5-16)15(2)23-21(24)13-26-22(25)11-7-17-6-10-19-20(12-17)28-14-27-19/h4-12,15H,3,13-14H2,1-2H3,(H,23,24)/b11-7+/t15-/m0/s1. The first-order chi connectivity index (χ1) is 13.5.